The molecule has 5 heteroatoms. The minimum atomic E-state index is -1.76. The lowest BCUT2D eigenvalue weighted by atomic mass is 9.78. The fourth-order valence-corrected chi connectivity index (χ4v) is 2.06. The van der Waals surface area contributed by atoms with E-state index in [4.69, 9.17) is 4.74 Å². The number of carboxylic acids is 2. The minimum absolute atomic E-state index is 0.0322. The van der Waals surface area contributed by atoms with Crippen LogP contribution in [0.15, 0.2) is 24.3 Å². The van der Waals surface area contributed by atoms with Gasteiger partial charge in [0.15, 0.2) is 5.41 Å². The molecule has 1 rings (SSSR count). The van der Waals surface area contributed by atoms with Crippen LogP contribution in [0.2, 0.25) is 0 Å². The first-order valence-electron chi connectivity index (χ1n) is 6.06. The van der Waals surface area contributed by atoms with Crippen LogP contribution in [0.4, 0.5) is 0 Å². The van der Waals surface area contributed by atoms with E-state index in [0.717, 1.165) is 0 Å². The highest BCUT2D eigenvalue weighted by Gasteiger charge is 2.45. The van der Waals surface area contributed by atoms with Gasteiger partial charge in [-0.2, -0.15) is 0 Å². The first-order chi connectivity index (χ1) is 8.96. The van der Waals surface area contributed by atoms with Gasteiger partial charge in [0.1, 0.15) is 5.75 Å². The second-order valence-electron chi connectivity index (χ2n) is 4.47. The van der Waals surface area contributed by atoms with E-state index < -0.39 is 17.4 Å². The van der Waals surface area contributed by atoms with Crippen molar-refractivity contribution in [1.82, 2.24) is 0 Å². The topological polar surface area (TPSA) is 83.8 Å². The van der Waals surface area contributed by atoms with Crippen LogP contribution < -0.4 is 4.74 Å². The van der Waals surface area contributed by atoms with E-state index in [0.29, 0.717) is 17.7 Å². The van der Waals surface area contributed by atoms with E-state index in [-0.39, 0.29) is 12.8 Å². The fraction of sp³-hybridized carbons (Fsp3) is 0.429. The van der Waals surface area contributed by atoms with Gasteiger partial charge in [0.25, 0.3) is 0 Å². The highest BCUT2D eigenvalue weighted by molar-refractivity contribution is 5.98. The van der Waals surface area contributed by atoms with Crippen molar-refractivity contribution in [2.45, 2.75) is 26.2 Å². The lowest BCUT2D eigenvalue weighted by Gasteiger charge is -2.24. The van der Waals surface area contributed by atoms with Crippen LogP contribution in [0, 0.1) is 5.41 Å². The number of carbonyl (C=O) groups is 2. The Hall–Kier alpha value is -2.04. The van der Waals surface area contributed by atoms with Gasteiger partial charge in [0, 0.05) is 0 Å². The Kier molecular flexibility index (Phi) is 4.92. The van der Waals surface area contributed by atoms with Crippen molar-refractivity contribution in [3.05, 3.63) is 29.8 Å². The lowest BCUT2D eigenvalue weighted by Crippen LogP contribution is -2.41. The summed E-state index contributed by atoms with van der Waals surface area (Å²) in [7, 11) is 1.53. The molecule has 19 heavy (non-hydrogen) atoms. The van der Waals surface area contributed by atoms with Crippen molar-refractivity contribution in [2.24, 2.45) is 5.41 Å². The maximum atomic E-state index is 11.4. The average Bonchev–Trinajstić information content (AvgIpc) is 2.38. The van der Waals surface area contributed by atoms with Gasteiger partial charge in [-0.1, -0.05) is 25.5 Å². The molecule has 0 saturated heterocycles. The summed E-state index contributed by atoms with van der Waals surface area (Å²) in [6.45, 7) is 1.77. The van der Waals surface area contributed by atoms with Crippen LogP contribution in [-0.2, 0) is 16.0 Å². The lowest BCUT2D eigenvalue weighted by molar-refractivity contribution is -0.165. The second kappa shape index (κ2) is 6.22. The summed E-state index contributed by atoms with van der Waals surface area (Å²) in [5, 5.41) is 18.6. The van der Waals surface area contributed by atoms with Crippen molar-refractivity contribution < 1.29 is 24.5 Å². The molecule has 1 aromatic rings. The van der Waals surface area contributed by atoms with Crippen LogP contribution in [0.25, 0.3) is 0 Å². The summed E-state index contributed by atoms with van der Waals surface area (Å²) in [6.07, 6.45) is 0.563. The van der Waals surface area contributed by atoms with Gasteiger partial charge in [-0.3, -0.25) is 9.59 Å². The third-order valence-electron chi connectivity index (χ3n) is 3.16. The van der Waals surface area contributed by atoms with Gasteiger partial charge in [-0.05, 0) is 30.5 Å². The molecule has 0 saturated carbocycles. The molecular weight excluding hydrogens is 248 g/mol. The first kappa shape index (κ1) is 15.0. The molecular formula is C14H18O5. The highest BCUT2D eigenvalue weighted by atomic mass is 16.5. The quantitative estimate of drug-likeness (QED) is 0.739. The Balaban J connectivity index is 3.05. The van der Waals surface area contributed by atoms with Crippen molar-refractivity contribution in [3.63, 3.8) is 0 Å². The molecule has 5 nitrogen and oxygen atoms in total. The molecule has 0 aliphatic heterocycles. The molecule has 0 spiro atoms. The molecule has 0 aliphatic carbocycles. The molecule has 0 aromatic heterocycles. The molecule has 0 radical (unpaired) electrons. The summed E-state index contributed by atoms with van der Waals surface area (Å²) in [5.74, 6) is -1.94. The van der Waals surface area contributed by atoms with Gasteiger partial charge < -0.3 is 14.9 Å². The summed E-state index contributed by atoms with van der Waals surface area (Å²) in [5.41, 5.74) is -1.09. The Bertz CT molecular complexity index is 435. The van der Waals surface area contributed by atoms with Gasteiger partial charge in [0.2, 0.25) is 0 Å². The standard InChI is InChI=1S/C14H18O5/c1-3-8-14(12(15)16,13(17)18)9-10-4-6-11(19-2)7-5-10/h4-7H,3,8-9H2,1-2H3,(H,15,16)(H,17,18). The van der Waals surface area contributed by atoms with Gasteiger partial charge in [-0.25, -0.2) is 0 Å². The van der Waals surface area contributed by atoms with Crippen molar-refractivity contribution in [2.75, 3.05) is 7.11 Å². The largest absolute Gasteiger partial charge is 0.497 e. The number of aliphatic carboxylic acids is 2. The Morgan fingerprint density at radius 1 is 1.16 bits per heavy atom. The molecule has 0 unspecified atom stereocenters. The van der Waals surface area contributed by atoms with Crippen molar-refractivity contribution in [1.29, 1.82) is 0 Å². The Labute approximate surface area is 111 Å². The van der Waals surface area contributed by atoms with Crippen LogP contribution in [0.1, 0.15) is 25.3 Å². The zero-order valence-electron chi connectivity index (χ0n) is 11.0. The summed E-state index contributed by atoms with van der Waals surface area (Å²) < 4.78 is 5.01. The maximum Gasteiger partial charge on any atom is 0.321 e. The number of hydrogen-bond acceptors (Lipinski definition) is 3. The Morgan fingerprint density at radius 3 is 2.05 bits per heavy atom. The molecule has 0 bridgehead atoms. The smallest absolute Gasteiger partial charge is 0.321 e. The third-order valence-corrected chi connectivity index (χ3v) is 3.16. The monoisotopic (exact) mass is 266 g/mol. The molecule has 0 amide bonds. The number of benzene rings is 1. The van der Waals surface area contributed by atoms with E-state index in [9.17, 15) is 19.8 Å². The molecule has 2 N–H and O–H groups in total. The van der Waals surface area contributed by atoms with E-state index in [2.05, 4.69) is 0 Å². The fourth-order valence-electron chi connectivity index (χ4n) is 2.06. The number of ether oxygens (including phenoxy) is 1. The van der Waals surface area contributed by atoms with E-state index in [1.807, 2.05) is 0 Å². The van der Waals surface area contributed by atoms with Crippen LogP contribution in [0.5, 0.6) is 5.75 Å². The SMILES string of the molecule is CCCC(Cc1ccc(OC)cc1)(C(=O)O)C(=O)O. The molecule has 0 aliphatic rings. The third kappa shape index (κ3) is 3.24. The zero-order valence-corrected chi connectivity index (χ0v) is 11.0. The van der Waals surface area contributed by atoms with Crippen LogP contribution >= 0.6 is 0 Å². The number of methoxy groups -OCH3 is 1. The average molecular weight is 266 g/mol. The van der Waals surface area contributed by atoms with Gasteiger partial charge >= 0.3 is 11.9 Å². The van der Waals surface area contributed by atoms with Crippen LogP contribution in [-0.4, -0.2) is 29.3 Å². The number of carboxylic acid groups (broad SMARTS) is 2. The summed E-state index contributed by atoms with van der Waals surface area (Å²) in [6, 6.07) is 6.76. The summed E-state index contributed by atoms with van der Waals surface area (Å²) >= 11 is 0. The first-order valence-corrected chi connectivity index (χ1v) is 6.06. The molecule has 0 atom stereocenters. The summed E-state index contributed by atoms with van der Waals surface area (Å²) in [4.78, 5) is 22.7. The predicted molar refractivity (Wildman–Crippen MR) is 69.3 cm³/mol. The number of rotatable bonds is 7. The van der Waals surface area contributed by atoms with Crippen molar-refractivity contribution in [3.8, 4) is 5.75 Å². The van der Waals surface area contributed by atoms with Crippen LogP contribution in [0.3, 0.4) is 0 Å². The Morgan fingerprint density at radius 2 is 1.68 bits per heavy atom. The molecule has 1 aromatic carbocycles. The normalized spacial score (nSPS) is 11.1. The molecule has 104 valence electrons. The molecule has 0 heterocycles. The van der Waals surface area contributed by atoms with E-state index >= 15 is 0 Å². The van der Waals surface area contributed by atoms with Crippen molar-refractivity contribution >= 4 is 11.9 Å². The maximum absolute atomic E-state index is 11.4. The highest BCUT2D eigenvalue weighted by Crippen LogP contribution is 2.30. The van der Waals surface area contributed by atoms with E-state index in [1.165, 1.54) is 7.11 Å². The van der Waals surface area contributed by atoms with E-state index in [1.54, 1.807) is 31.2 Å². The predicted octanol–water partition coefficient (Wildman–Crippen LogP) is 2.19. The minimum Gasteiger partial charge on any atom is -0.497 e. The van der Waals surface area contributed by atoms with Gasteiger partial charge in [0.05, 0.1) is 7.11 Å². The number of hydrogen-bond donors (Lipinski definition) is 2. The second-order valence-corrected chi connectivity index (χ2v) is 4.47. The van der Waals surface area contributed by atoms with Gasteiger partial charge in [-0.15, -0.1) is 0 Å². The molecule has 0 fully saturated rings. The zero-order chi connectivity index (χ0) is 14.5.